The normalized spacial score (nSPS) is 16.7. The Hall–Kier alpha value is -2.58. The summed E-state index contributed by atoms with van der Waals surface area (Å²) >= 11 is 1.33. The highest BCUT2D eigenvalue weighted by Gasteiger charge is 2.31. The second-order valence-corrected chi connectivity index (χ2v) is 7.88. The molecule has 1 saturated heterocycles. The highest BCUT2D eigenvalue weighted by Crippen LogP contribution is 2.35. The summed E-state index contributed by atoms with van der Waals surface area (Å²) in [7, 11) is 0. The molecule has 3 aromatic rings. The number of hydrogen-bond donors (Lipinski definition) is 2. The largest absolute Gasteiger partial charge is 0.394 e. The number of aliphatic hydroxyl groups is 1. The number of benzene rings is 1. The highest BCUT2D eigenvalue weighted by molar-refractivity contribution is 7.20. The van der Waals surface area contributed by atoms with Crippen molar-refractivity contribution < 1.29 is 14.3 Å². The molecule has 3 heterocycles. The van der Waals surface area contributed by atoms with Crippen LogP contribution in [0.25, 0.3) is 10.2 Å². The van der Waals surface area contributed by atoms with Gasteiger partial charge in [0.05, 0.1) is 22.9 Å². The molecule has 0 unspecified atom stereocenters. The van der Waals surface area contributed by atoms with Crippen LogP contribution in [0.3, 0.4) is 0 Å². The SMILES string of the molecule is Cc1c(C(=O)N2CCC[C@H]2CO)sc2ncnc(NCc3ccccc3F)c12. The smallest absolute Gasteiger partial charge is 0.264 e. The number of nitrogens with zero attached hydrogens (tertiary/aromatic N) is 3. The molecule has 28 heavy (non-hydrogen) atoms. The molecule has 1 aliphatic heterocycles. The van der Waals surface area contributed by atoms with Crippen LogP contribution in [0.1, 0.15) is 33.6 Å². The molecule has 0 aliphatic carbocycles. The Morgan fingerprint density at radius 3 is 3.00 bits per heavy atom. The van der Waals surface area contributed by atoms with Crippen LogP contribution in [-0.2, 0) is 6.54 Å². The van der Waals surface area contributed by atoms with Crippen molar-refractivity contribution in [1.82, 2.24) is 14.9 Å². The quantitative estimate of drug-likeness (QED) is 0.687. The number of carbonyl (C=O) groups is 1. The summed E-state index contributed by atoms with van der Waals surface area (Å²) in [5.74, 6) is 0.237. The van der Waals surface area contributed by atoms with Gasteiger partial charge in [-0.15, -0.1) is 11.3 Å². The zero-order valence-corrected chi connectivity index (χ0v) is 16.3. The molecule has 0 bridgehead atoms. The first-order valence-electron chi connectivity index (χ1n) is 9.23. The minimum atomic E-state index is -0.276. The number of aliphatic hydroxyl groups excluding tert-OH is 1. The number of aryl methyl sites for hydroxylation is 1. The van der Waals surface area contributed by atoms with Gasteiger partial charge < -0.3 is 15.3 Å². The zero-order valence-electron chi connectivity index (χ0n) is 15.5. The number of halogens is 1. The van der Waals surface area contributed by atoms with E-state index in [0.29, 0.717) is 27.6 Å². The van der Waals surface area contributed by atoms with E-state index in [0.717, 1.165) is 23.8 Å². The first-order valence-corrected chi connectivity index (χ1v) is 10.0. The maximum absolute atomic E-state index is 13.9. The molecule has 1 aliphatic rings. The fourth-order valence-corrected chi connectivity index (χ4v) is 4.76. The van der Waals surface area contributed by atoms with Gasteiger partial charge in [0, 0.05) is 18.7 Å². The van der Waals surface area contributed by atoms with E-state index in [-0.39, 0.29) is 30.9 Å². The predicted octanol–water partition coefficient (Wildman–Crippen LogP) is 3.35. The second kappa shape index (κ2) is 7.81. The molecule has 2 aromatic heterocycles. The maximum atomic E-state index is 13.9. The van der Waals surface area contributed by atoms with Crippen molar-refractivity contribution in [2.45, 2.75) is 32.4 Å². The fraction of sp³-hybridized carbons (Fsp3) is 0.350. The van der Waals surface area contributed by atoms with Crippen LogP contribution in [0, 0.1) is 12.7 Å². The van der Waals surface area contributed by atoms with Crippen LogP contribution in [0.5, 0.6) is 0 Å². The minimum absolute atomic E-state index is 0.0229. The van der Waals surface area contributed by atoms with Gasteiger partial charge in [-0.05, 0) is 31.4 Å². The Morgan fingerprint density at radius 1 is 1.39 bits per heavy atom. The summed E-state index contributed by atoms with van der Waals surface area (Å²) in [6.45, 7) is 2.80. The summed E-state index contributed by atoms with van der Waals surface area (Å²) in [6.07, 6.45) is 3.17. The molecule has 2 N–H and O–H groups in total. The van der Waals surface area contributed by atoms with Crippen LogP contribution in [0.4, 0.5) is 10.2 Å². The van der Waals surface area contributed by atoms with E-state index in [4.69, 9.17) is 0 Å². The Morgan fingerprint density at radius 2 is 2.21 bits per heavy atom. The highest BCUT2D eigenvalue weighted by atomic mass is 32.1. The fourth-order valence-electron chi connectivity index (χ4n) is 3.65. The number of aromatic nitrogens is 2. The number of likely N-dealkylation sites (tertiary alicyclic amines) is 1. The van der Waals surface area contributed by atoms with Crippen molar-refractivity contribution in [3.05, 3.63) is 52.4 Å². The predicted molar refractivity (Wildman–Crippen MR) is 107 cm³/mol. The third-order valence-corrected chi connectivity index (χ3v) is 6.36. The summed E-state index contributed by atoms with van der Waals surface area (Å²) in [6, 6.07) is 6.46. The third-order valence-electron chi connectivity index (χ3n) is 5.17. The van der Waals surface area contributed by atoms with Crippen molar-refractivity contribution in [2.75, 3.05) is 18.5 Å². The average molecular weight is 400 g/mol. The molecule has 1 atom stereocenters. The van der Waals surface area contributed by atoms with Crippen LogP contribution in [-0.4, -0.2) is 45.1 Å². The molecule has 0 radical (unpaired) electrons. The van der Waals surface area contributed by atoms with E-state index in [1.54, 1.807) is 23.1 Å². The Labute approximate surface area is 166 Å². The molecular weight excluding hydrogens is 379 g/mol. The van der Waals surface area contributed by atoms with Crippen LogP contribution >= 0.6 is 11.3 Å². The molecular formula is C20H21FN4O2S. The molecule has 1 aromatic carbocycles. The van der Waals surface area contributed by atoms with E-state index in [1.807, 2.05) is 6.92 Å². The average Bonchev–Trinajstić information content (AvgIpc) is 3.32. The van der Waals surface area contributed by atoms with Gasteiger partial charge in [0.15, 0.2) is 0 Å². The third kappa shape index (κ3) is 3.33. The molecule has 0 spiro atoms. The standard InChI is InChI=1S/C20H21FN4O2S/c1-12-16-18(22-9-13-5-2-3-7-15(13)21)23-11-24-19(16)28-17(12)20(27)25-8-4-6-14(25)10-26/h2-3,5,7,11,14,26H,4,6,8-10H2,1H3,(H,22,23,24)/t14-/m0/s1. The van der Waals surface area contributed by atoms with Gasteiger partial charge in [0.1, 0.15) is 22.8 Å². The molecule has 146 valence electrons. The van der Waals surface area contributed by atoms with Crippen molar-refractivity contribution >= 4 is 33.3 Å². The van der Waals surface area contributed by atoms with Crippen molar-refractivity contribution in [1.29, 1.82) is 0 Å². The number of fused-ring (bicyclic) bond motifs is 1. The van der Waals surface area contributed by atoms with Crippen molar-refractivity contribution in [2.24, 2.45) is 0 Å². The number of anilines is 1. The number of nitrogens with one attached hydrogen (secondary N) is 1. The summed E-state index contributed by atoms with van der Waals surface area (Å²) in [5.41, 5.74) is 1.35. The van der Waals surface area contributed by atoms with E-state index in [1.165, 1.54) is 23.7 Å². The van der Waals surface area contributed by atoms with Crippen molar-refractivity contribution in [3.63, 3.8) is 0 Å². The van der Waals surface area contributed by atoms with E-state index >= 15 is 0 Å². The summed E-state index contributed by atoms with van der Waals surface area (Å²) < 4.78 is 13.9. The molecule has 4 rings (SSSR count). The molecule has 1 fully saturated rings. The van der Waals surface area contributed by atoms with Gasteiger partial charge in [-0.3, -0.25) is 4.79 Å². The number of carbonyl (C=O) groups excluding carboxylic acids is 1. The zero-order chi connectivity index (χ0) is 19.7. The Bertz CT molecular complexity index is 1020. The molecule has 1 amide bonds. The Kier molecular flexibility index (Phi) is 5.23. The number of rotatable bonds is 5. The second-order valence-electron chi connectivity index (χ2n) is 6.88. The minimum Gasteiger partial charge on any atom is -0.394 e. The van der Waals surface area contributed by atoms with Crippen LogP contribution in [0.15, 0.2) is 30.6 Å². The molecule has 0 saturated carbocycles. The topological polar surface area (TPSA) is 78.4 Å². The lowest BCUT2D eigenvalue weighted by Gasteiger charge is -2.22. The van der Waals surface area contributed by atoms with Gasteiger partial charge in [0.25, 0.3) is 5.91 Å². The van der Waals surface area contributed by atoms with Gasteiger partial charge >= 0.3 is 0 Å². The van der Waals surface area contributed by atoms with Gasteiger partial charge in [0.2, 0.25) is 0 Å². The van der Waals surface area contributed by atoms with Gasteiger partial charge in [-0.1, -0.05) is 18.2 Å². The summed E-state index contributed by atoms with van der Waals surface area (Å²) in [5, 5.41) is 13.5. The lowest BCUT2D eigenvalue weighted by Crippen LogP contribution is -2.37. The van der Waals surface area contributed by atoms with Crippen LogP contribution < -0.4 is 5.32 Å². The number of hydrogen-bond acceptors (Lipinski definition) is 6. The van der Waals surface area contributed by atoms with Crippen molar-refractivity contribution in [3.8, 4) is 0 Å². The van der Waals surface area contributed by atoms with Gasteiger partial charge in [-0.2, -0.15) is 0 Å². The lowest BCUT2D eigenvalue weighted by molar-refractivity contribution is 0.0682. The monoisotopic (exact) mass is 400 g/mol. The molecule has 8 heteroatoms. The summed E-state index contributed by atoms with van der Waals surface area (Å²) in [4.78, 5) is 24.8. The number of thiophene rings is 1. The maximum Gasteiger partial charge on any atom is 0.264 e. The van der Waals surface area contributed by atoms with E-state index in [2.05, 4.69) is 15.3 Å². The number of amides is 1. The first-order chi connectivity index (χ1) is 13.6. The van der Waals surface area contributed by atoms with E-state index < -0.39 is 0 Å². The Balaban J connectivity index is 1.65. The first kappa shape index (κ1) is 18.8. The van der Waals surface area contributed by atoms with Crippen LogP contribution in [0.2, 0.25) is 0 Å². The van der Waals surface area contributed by atoms with Gasteiger partial charge in [-0.25, -0.2) is 14.4 Å². The molecule has 6 nitrogen and oxygen atoms in total. The lowest BCUT2D eigenvalue weighted by atomic mass is 10.1. The van der Waals surface area contributed by atoms with E-state index in [9.17, 15) is 14.3 Å².